The Kier molecular flexibility index (Phi) is 8.06. The van der Waals surface area contributed by atoms with Crippen LogP contribution >= 0.6 is 0 Å². The molecule has 1 spiro atoms. The Morgan fingerprint density at radius 3 is 1.53 bits per heavy atom. The Morgan fingerprint density at radius 1 is 0.297 bits per heavy atom. The molecule has 0 saturated carbocycles. The number of nitrogens with zero attached hydrogens (tertiary/aromatic N) is 4. The minimum absolute atomic E-state index is 0.579. The summed E-state index contributed by atoms with van der Waals surface area (Å²) in [5, 5.41) is 3.33. The van der Waals surface area contributed by atoms with E-state index in [1.54, 1.807) is 0 Å². The van der Waals surface area contributed by atoms with Crippen LogP contribution in [0.1, 0.15) is 22.3 Å². The summed E-state index contributed by atoms with van der Waals surface area (Å²) in [6, 6.07) is 76.7. The summed E-state index contributed by atoms with van der Waals surface area (Å²) in [6.07, 6.45) is 0. The first-order chi connectivity index (χ1) is 31.7. The van der Waals surface area contributed by atoms with Crippen LogP contribution in [0.5, 0.6) is 11.5 Å². The molecule has 0 unspecified atom stereocenters. The van der Waals surface area contributed by atoms with Crippen molar-refractivity contribution in [2.24, 2.45) is 0 Å². The van der Waals surface area contributed by atoms with E-state index in [4.69, 9.17) is 24.7 Å². The van der Waals surface area contributed by atoms with Crippen molar-refractivity contribution in [3.05, 3.63) is 241 Å². The molecule has 0 radical (unpaired) electrons. The Labute approximate surface area is 370 Å². The highest BCUT2D eigenvalue weighted by molar-refractivity contribution is 6.13. The van der Waals surface area contributed by atoms with E-state index < -0.39 is 5.41 Å². The molecule has 298 valence electrons. The van der Waals surface area contributed by atoms with E-state index in [0.29, 0.717) is 17.5 Å². The van der Waals surface area contributed by atoms with Crippen molar-refractivity contribution in [2.45, 2.75) is 5.41 Å². The summed E-state index contributed by atoms with van der Waals surface area (Å²) < 4.78 is 6.64. The second-order valence-corrected chi connectivity index (χ2v) is 16.5. The van der Waals surface area contributed by atoms with Crippen molar-refractivity contribution in [1.82, 2.24) is 19.9 Å². The molecule has 0 fully saturated rings. The molecule has 5 nitrogen and oxygen atoms in total. The van der Waals surface area contributed by atoms with E-state index in [1.165, 1.54) is 22.3 Å². The predicted molar refractivity (Wildman–Crippen MR) is 257 cm³/mol. The number of rotatable bonds is 5. The average Bonchev–Trinajstić information content (AvgIpc) is 3.65. The van der Waals surface area contributed by atoms with Crippen LogP contribution in [0.15, 0.2) is 218 Å². The van der Waals surface area contributed by atoms with Crippen LogP contribution in [0.3, 0.4) is 0 Å². The maximum atomic E-state index is 6.64. The minimum atomic E-state index is -0.579. The van der Waals surface area contributed by atoms with Gasteiger partial charge in [0, 0.05) is 44.2 Å². The largest absolute Gasteiger partial charge is 0.457 e. The fourth-order valence-corrected chi connectivity index (χ4v) is 10.1. The van der Waals surface area contributed by atoms with Crippen molar-refractivity contribution in [1.29, 1.82) is 0 Å². The smallest absolute Gasteiger partial charge is 0.164 e. The topological polar surface area (TPSA) is 60.8 Å². The zero-order valence-electron chi connectivity index (χ0n) is 34.5. The monoisotopic (exact) mass is 816 g/mol. The molecular formula is C59H36N4O. The van der Waals surface area contributed by atoms with Gasteiger partial charge in [-0.15, -0.1) is 0 Å². The first kappa shape index (κ1) is 36.1. The maximum absolute atomic E-state index is 6.64. The van der Waals surface area contributed by atoms with E-state index in [1.807, 2.05) is 36.4 Å². The molecule has 0 N–H and O–H groups in total. The molecule has 1 aliphatic heterocycles. The second kappa shape index (κ2) is 14.3. The van der Waals surface area contributed by atoms with Crippen LogP contribution in [0, 0.1) is 0 Å². The standard InChI is InChI=1S/C59H36N4O/c1-3-16-37(17-4-1)38-30-32-40(33-31-38)57-61-56(39-18-5-2-6-19-39)62-58(63-57)42-21-15-20-41(34-42)55-47-35-46-43-22-7-9-24-48(43)59(51(46)36-45(47)44-23-8-12-27-52(44)60-55)49-25-10-13-28-53(49)64-54-29-14-11-26-50(54)59/h1-36H. The van der Waals surface area contributed by atoms with Gasteiger partial charge >= 0.3 is 0 Å². The summed E-state index contributed by atoms with van der Waals surface area (Å²) in [5.74, 6) is 3.58. The predicted octanol–water partition coefficient (Wildman–Crippen LogP) is 14.4. The summed E-state index contributed by atoms with van der Waals surface area (Å²) in [6.45, 7) is 0. The first-order valence-electron chi connectivity index (χ1n) is 21.6. The molecule has 0 saturated heterocycles. The molecule has 0 bridgehead atoms. The van der Waals surface area contributed by atoms with E-state index in [0.717, 1.165) is 83.4 Å². The first-order valence-corrected chi connectivity index (χ1v) is 21.6. The fraction of sp³-hybridized carbons (Fsp3) is 0.0169. The maximum Gasteiger partial charge on any atom is 0.164 e. The SMILES string of the molecule is c1ccc(-c2ccc(-c3nc(-c4ccccc4)nc(-c4cccc(-c5nc6ccccc6c6cc7c(cc56)-c5ccccc5C75c6ccccc6Oc6ccccc65)c4)n3)cc2)cc1. The zero-order valence-corrected chi connectivity index (χ0v) is 34.5. The number of benzene rings is 9. The summed E-state index contributed by atoms with van der Waals surface area (Å²) in [7, 11) is 0. The van der Waals surface area contributed by atoms with Crippen LogP contribution in [0.25, 0.3) is 89.4 Å². The second-order valence-electron chi connectivity index (χ2n) is 16.5. The number of fused-ring (bicyclic) bond motifs is 12. The van der Waals surface area contributed by atoms with Crippen molar-refractivity contribution in [2.75, 3.05) is 0 Å². The summed E-state index contributed by atoms with van der Waals surface area (Å²) in [4.78, 5) is 20.8. The zero-order chi connectivity index (χ0) is 42.2. The van der Waals surface area contributed by atoms with Crippen LogP contribution in [0.2, 0.25) is 0 Å². The summed E-state index contributed by atoms with van der Waals surface area (Å²) >= 11 is 0. The van der Waals surface area contributed by atoms with Crippen molar-refractivity contribution in [3.8, 4) is 79.2 Å². The number of ether oxygens (including phenoxy) is 1. The third-order valence-corrected chi connectivity index (χ3v) is 13.0. The van der Waals surface area contributed by atoms with Gasteiger partial charge in [-0.1, -0.05) is 182 Å². The lowest BCUT2D eigenvalue weighted by molar-refractivity contribution is 0.436. The lowest BCUT2D eigenvalue weighted by Crippen LogP contribution is -2.32. The van der Waals surface area contributed by atoms with Crippen molar-refractivity contribution < 1.29 is 4.74 Å². The molecule has 64 heavy (non-hydrogen) atoms. The Bertz CT molecular complexity index is 3600. The van der Waals surface area contributed by atoms with Crippen molar-refractivity contribution in [3.63, 3.8) is 0 Å². The molecule has 13 rings (SSSR count). The quantitative estimate of drug-likeness (QED) is 0.162. The van der Waals surface area contributed by atoms with Gasteiger partial charge in [0.2, 0.25) is 0 Å². The van der Waals surface area contributed by atoms with E-state index in [9.17, 15) is 0 Å². The van der Waals surface area contributed by atoms with Gasteiger partial charge in [0.25, 0.3) is 0 Å². The van der Waals surface area contributed by atoms with Crippen LogP contribution in [-0.4, -0.2) is 19.9 Å². The Morgan fingerprint density at radius 2 is 0.812 bits per heavy atom. The highest BCUT2D eigenvalue weighted by atomic mass is 16.5. The van der Waals surface area contributed by atoms with E-state index >= 15 is 0 Å². The normalized spacial score (nSPS) is 12.9. The number of aromatic nitrogens is 4. The summed E-state index contributed by atoms with van der Waals surface area (Å²) in [5.41, 5.74) is 14.4. The number of hydrogen-bond donors (Lipinski definition) is 0. The van der Waals surface area contributed by atoms with Gasteiger partial charge in [-0.3, -0.25) is 0 Å². The molecule has 2 aliphatic rings. The van der Waals surface area contributed by atoms with Crippen LogP contribution < -0.4 is 4.74 Å². The lowest BCUT2D eigenvalue weighted by Gasteiger charge is -2.39. The van der Waals surface area contributed by atoms with Gasteiger partial charge in [0.15, 0.2) is 17.5 Å². The molecule has 9 aromatic carbocycles. The van der Waals surface area contributed by atoms with Gasteiger partial charge in [0.05, 0.1) is 16.6 Å². The molecule has 0 amide bonds. The average molecular weight is 817 g/mol. The van der Waals surface area contributed by atoms with Gasteiger partial charge in [-0.2, -0.15) is 0 Å². The van der Waals surface area contributed by atoms with Gasteiger partial charge in [0.1, 0.15) is 11.5 Å². The van der Waals surface area contributed by atoms with E-state index in [2.05, 4.69) is 182 Å². The van der Waals surface area contributed by atoms with E-state index in [-0.39, 0.29) is 0 Å². The molecule has 5 heteroatoms. The van der Waals surface area contributed by atoms with Crippen molar-refractivity contribution >= 4 is 21.7 Å². The molecule has 1 aliphatic carbocycles. The molecule has 0 atom stereocenters. The third-order valence-electron chi connectivity index (χ3n) is 13.0. The van der Waals surface area contributed by atoms with Crippen LogP contribution in [0.4, 0.5) is 0 Å². The van der Waals surface area contributed by atoms with Gasteiger partial charge < -0.3 is 4.74 Å². The molecule has 2 aromatic heterocycles. The highest BCUT2D eigenvalue weighted by Crippen LogP contribution is 2.62. The molecule has 3 heterocycles. The van der Waals surface area contributed by atoms with Gasteiger partial charge in [-0.25, -0.2) is 19.9 Å². The van der Waals surface area contributed by atoms with Crippen LogP contribution in [-0.2, 0) is 5.41 Å². The minimum Gasteiger partial charge on any atom is -0.457 e. The van der Waals surface area contributed by atoms with Gasteiger partial charge in [-0.05, 0) is 75.2 Å². The Balaban J connectivity index is 1.01. The Hall–Kier alpha value is -8.54. The highest BCUT2D eigenvalue weighted by Gasteiger charge is 2.51. The molecule has 11 aromatic rings. The number of para-hydroxylation sites is 3. The fourth-order valence-electron chi connectivity index (χ4n) is 10.1. The molecular weight excluding hydrogens is 781 g/mol. The third kappa shape index (κ3) is 5.51. The lowest BCUT2D eigenvalue weighted by atomic mass is 9.66. The number of pyridine rings is 1. The number of hydrogen-bond acceptors (Lipinski definition) is 5.